The molecule has 0 aliphatic rings. The Balaban J connectivity index is 1.89. The van der Waals surface area contributed by atoms with E-state index in [0.29, 0.717) is 0 Å². The van der Waals surface area contributed by atoms with Gasteiger partial charge in [0.25, 0.3) is 0 Å². The highest BCUT2D eigenvalue weighted by atomic mass is 16.5. The quantitative estimate of drug-likeness (QED) is 0.584. The molecule has 0 saturated heterocycles. The lowest BCUT2D eigenvalue weighted by molar-refractivity contribution is 0.416. The largest absolute Gasteiger partial charge is 0.496 e. The first-order chi connectivity index (χ1) is 11.3. The Morgan fingerprint density at radius 2 is 1.96 bits per heavy atom. The minimum atomic E-state index is 0.760. The van der Waals surface area contributed by atoms with Gasteiger partial charge in [-0.15, -0.1) is 0 Å². The van der Waals surface area contributed by atoms with Gasteiger partial charge in [-0.2, -0.15) is 10.2 Å². The summed E-state index contributed by atoms with van der Waals surface area (Å²) in [6, 6.07) is 9.79. The third-order valence-corrected chi connectivity index (χ3v) is 3.75. The van der Waals surface area contributed by atoms with Crippen molar-refractivity contribution in [2.75, 3.05) is 7.11 Å². The van der Waals surface area contributed by atoms with E-state index in [-0.39, 0.29) is 0 Å². The average molecular weight is 305 g/mol. The van der Waals surface area contributed by atoms with Crippen LogP contribution in [0.3, 0.4) is 0 Å². The predicted molar refractivity (Wildman–Crippen MR) is 86.8 cm³/mol. The summed E-state index contributed by atoms with van der Waals surface area (Å²) >= 11 is 0. The maximum Gasteiger partial charge on any atom is 0.163 e. The fourth-order valence-corrected chi connectivity index (χ4v) is 2.62. The molecule has 3 heterocycles. The van der Waals surface area contributed by atoms with Crippen LogP contribution in [-0.4, -0.2) is 31.5 Å². The molecule has 0 aliphatic carbocycles. The molecular formula is C17H15N5O. The van der Waals surface area contributed by atoms with Crippen molar-refractivity contribution in [3.63, 3.8) is 0 Å². The lowest BCUT2D eigenvalue weighted by Crippen LogP contribution is -1.97. The lowest BCUT2D eigenvalue weighted by atomic mass is 10.1. The standard InChI is InChI=1S/C17H15N5O/c1-12-6-9-22-17(20-12)15(11-19-22)14-5-4-13(10-16(14)23-2)21-8-3-7-18-21/h3-11H,1-2H3. The number of methoxy groups -OCH3 is 1. The van der Waals surface area contributed by atoms with Crippen molar-refractivity contribution in [1.29, 1.82) is 0 Å². The molecule has 0 radical (unpaired) electrons. The molecule has 0 atom stereocenters. The molecule has 0 saturated carbocycles. The van der Waals surface area contributed by atoms with Gasteiger partial charge in [0.05, 0.1) is 24.6 Å². The van der Waals surface area contributed by atoms with Gasteiger partial charge in [0, 0.05) is 35.9 Å². The number of ether oxygens (including phenoxy) is 1. The Hall–Kier alpha value is -3.15. The van der Waals surface area contributed by atoms with Crippen molar-refractivity contribution in [2.45, 2.75) is 6.92 Å². The number of nitrogens with zero attached hydrogens (tertiary/aromatic N) is 5. The number of aryl methyl sites for hydroxylation is 1. The van der Waals surface area contributed by atoms with Crippen molar-refractivity contribution in [2.24, 2.45) is 0 Å². The first-order valence-electron chi connectivity index (χ1n) is 7.25. The van der Waals surface area contributed by atoms with Gasteiger partial charge in [0.1, 0.15) is 5.75 Å². The highest BCUT2D eigenvalue weighted by Gasteiger charge is 2.14. The predicted octanol–water partition coefficient (Wildman–Crippen LogP) is 2.90. The highest BCUT2D eigenvalue weighted by molar-refractivity contribution is 5.81. The van der Waals surface area contributed by atoms with E-state index >= 15 is 0 Å². The van der Waals surface area contributed by atoms with Crippen LogP contribution in [0.1, 0.15) is 5.69 Å². The molecule has 0 unspecified atom stereocenters. The fraction of sp³-hybridized carbons (Fsp3) is 0.118. The van der Waals surface area contributed by atoms with Crippen LogP contribution in [0.5, 0.6) is 5.75 Å². The van der Waals surface area contributed by atoms with Crippen LogP contribution in [0, 0.1) is 6.92 Å². The number of aromatic nitrogens is 5. The van der Waals surface area contributed by atoms with Gasteiger partial charge in [-0.1, -0.05) is 0 Å². The summed E-state index contributed by atoms with van der Waals surface area (Å²) in [7, 11) is 1.66. The average Bonchev–Trinajstić information content (AvgIpc) is 3.23. The van der Waals surface area contributed by atoms with Crippen molar-refractivity contribution >= 4 is 5.65 Å². The van der Waals surface area contributed by atoms with Gasteiger partial charge in [-0.05, 0) is 31.2 Å². The highest BCUT2D eigenvalue weighted by Crippen LogP contribution is 2.33. The number of fused-ring (bicyclic) bond motifs is 1. The Morgan fingerprint density at radius 1 is 1.04 bits per heavy atom. The van der Waals surface area contributed by atoms with E-state index in [1.54, 1.807) is 22.5 Å². The van der Waals surface area contributed by atoms with Gasteiger partial charge in [0.2, 0.25) is 0 Å². The molecule has 23 heavy (non-hydrogen) atoms. The van der Waals surface area contributed by atoms with Crippen LogP contribution in [0.25, 0.3) is 22.5 Å². The Bertz CT molecular complexity index is 972. The molecule has 1 aromatic carbocycles. The summed E-state index contributed by atoms with van der Waals surface area (Å²) in [6.07, 6.45) is 7.37. The Labute approximate surface area is 133 Å². The van der Waals surface area contributed by atoms with Crippen LogP contribution in [-0.2, 0) is 0 Å². The molecule has 6 heteroatoms. The summed E-state index contributed by atoms with van der Waals surface area (Å²) in [4.78, 5) is 4.59. The number of rotatable bonds is 3. The van der Waals surface area contributed by atoms with Crippen LogP contribution < -0.4 is 4.74 Å². The van der Waals surface area contributed by atoms with Gasteiger partial charge in [0.15, 0.2) is 5.65 Å². The van der Waals surface area contributed by atoms with Crippen LogP contribution >= 0.6 is 0 Å². The number of benzene rings is 1. The van der Waals surface area contributed by atoms with Crippen molar-refractivity contribution in [3.05, 3.63) is 60.8 Å². The molecule has 114 valence electrons. The first-order valence-corrected chi connectivity index (χ1v) is 7.25. The zero-order valence-corrected chi connectivity index (χ0v) is 12.8. The summed E-state index contributed by atoms with van der Waals surface area (Å²) in [5.41, 5.74) is 4.60. The van der Waals surface area contributed by atoms with Crippen molar-refractivity contribution in [3.8, 4) is 22.6 Å². The van der Waals surface area contributed by atoms with E-state index < -0.39 is 0 Å². The topological polar surface area (TPSA) is 57.2 Å². The smallest absolute Gasteiger partial charge is 0.163 e. The van der Waals surface area contributed by atoms with Gasteiger partial charge in [-0.25, -0.2) is 14.2 Å². The molecule has 0 spiro atoms. The van der Waals surface area contributed by atoms with E-state index in [2.05, 4.69) is 15.2 Å². The first kappa shape index (κ1) is 13.5. The summed E-state index contributed by atoms with van der Waals surface area (Å²) < 4.78 is 9.14. The minimum absolute atomic E-state index is 0.760. The second-order valence-electron chi connectivity index (χ2n) is 5.23. The molecule has 3 aromatic heterocycles. The molecule has 0 bridgehead atoms. The number of hydrogen-bond donors (Lipinski definition) is 0. The third-order valence-electron chi connectivity index (χ3n) is 3.75. The molecule has 0 aliphatic heterocycles. The zero-order chi connectivity index (χ0) is 15.8. The van der Waals surface area contributed by atoms with E-state index in [1.807, 2.05) is 55.8 Å². The SMILES string of the molecule is COc1cc(-n2cccn2)ccc1-c1cnn2ccc(C)nc12. The molecule has 4 aromatic rings. The fourth-order valence-electron chi connectivity index (χ4n) is 2.62. The zero-order valence-electron chi connectivity index (χ0n) is 12.8. The molecule has 6 nitrogen and oxygen atoms in total. The molecule has 0 amide bonds. The van der Waals surface area contributed by atoms with Gasteiger partial charge >= 0.3 is 0 Å². The van der Waals surface area contributed by atoms with Crippen LogP contribution in [0.2, 0.25) is 0 Å². The third kappa shape index (κ3) is 2.24. The van der Waals surface area contributed by atoms with E-state index in [4.69, 9.17) is 4.74 Å². The van der Waals surface area contributed by atoms with E-state index in [1.165, 1.54) is 0 Å². The van der Waals surface area contributed by atoms with Crippen LogP contribution in [0.4, 0.5) is 0 Å². The van der Waals surface area contributed by atoms with E-state index in [9.17, 15) is 0 Å². The summed E-state index contributed by atoms with van der Waals surface area (Å²) in [5, 5.41) is 8.61. The second kappa shape index (κ2) is 5.24. The monoisotopic (exact) mass is 305 g/mol. The maximum atomic E-state index is 5.58. The lowest BCUT2D eigenvalue weighted by Gasteiger charge is -2.10. The second-order valence-corrected chi connectivity index (χ2v) is 5.23. The maximum absolute atomic E-state index is 5.58. The molecule has 0 fully saturated rings. The molecule has 0 N–H and O–H groups in total. The van der Waals surface area contributed by atoms with Gasteiger partial charge in [-0.3, -0.25) is 0 Å². The molecule has 4 rings (SSSR count). The van der Waals surface area contributed by atoms with Crippen molar-refractivity contribution < 1.29 is 4.74 Å². The van der Waals surface area contributed by atoms with Crippen molar-refractivity contribution in [1.82, 2.24) is 24.4 Å². The van der Waals surface area contributed by atoms with E-state index in [0.717, 1.165) is 33.9 Å². The summed E-state index contributed by atoms with van der Waals surface area (Å²) in [5.74, 6) is 0.760. The van der Waals surface area contributed by atoms with Gasteiger partial charge < -0.3 is 4.74 Å². The normalized spacial score (nSPS) is 11.0. The van der Waals surface area contributed by atoms with Crippen LogP contribution in [0.15, 0.2) is 55.1 Å². The molecular weight excluding hydrogens is 290 g/mol. The Kier molecular flexibility index (Phi) is 3.08. The minimum Gasteiger partial charge on any atom is -0.496 e. The number of hydrogen-bond acceptors (Lipinski definition) is 4. The Morgan fingerprint density at radius 3 is 2.74 bits per heavy atom. The summed E-state index contributed by atoms with van der Waals surface area (Å²) in [6.45, 7) is 1.97.